The zero-order chi connectivity index (χ0) is 16.2. The van der Waals surface area contributed by atoms with Gasteiger partial charge in [-0.15, -0.1) is 0 Å². The quantitative estimate of drug-likeness (QED) is 0.818. The topological polar surface area (TPSA) is 38.7 Å². The number of aromatic nitrogens is 3. The maximum absolute atomic E-state index is 12.6. The minimum atomic E-state index is -4.33. The van der Waals surface area contributed by atoms with E-state index < -0.39 is 11.7 Å². The van der Waals surface area contributed by atoms with Gasteiger partial charge in [0.1, 0.15) is 11.6 Å². The van der Waals surface area contributed by atoms with Gasteiger partial charge in [0.15, 0.2) is 5.82 Å². The van der Waals surface area contributed by atoms with Crippen molar-refractivity contribution in [3.63, 3.8) is 0 Å². The van der Waals surface area contributed by atoms with Crippen molar-refractivity contribution in [1.29, 1.82) is 0 Å². The van der Waals surface area contributed by atoms with Gasteiger partial charge in [0, 0.05) is 18.4 Å². The molecule has 0 atom stereocenters. The summed E-state index contributed by atoms with van der Waals surface area (Å²) in [4.78, 5) is 13.1. The second kappa shape index (κ2) is 6.85. The highest BCUT2D eigenvalue weighted by atomic mass is 19.4. The lowest BCUT2D eigenvalue weighted by Crippen LogP contribution is -2.06. The van der Waals surface area contributed by atoms with Crippen LogP contribution in [0.2, 0.25) is 0 Å². The Kier molecular flexibility index (Phi) is 5.11. The Hall–Kier alpha value is -1.98. The SMILES string of the molecule is CCCc1nc(CCC)nc(-c2ccc(C(F)(F)F)cc2)n1. The molecule has 2 rings (SSSR count). The lowest BCUT2D eigenvalue weighted by Gasteiger charge is -2.09. The zero-order valence-corrected chi connectivity index (χ0v) is 12.6. The first kappa shape index (κ1) is 16.4. The molecule has 0 radical (unpaired) electrons. The second-order valence-corrected chi connectivity index (χ2v) is 5.07. The molecular weight excluding hydrogens is 291 g/mol. The summed E-state index contributed by atoms with van der Waals surface area (Å²) in [5.41, 5.74) is -0.0991. The fourth-order valence-corrected chi connectivity index (χ4v) is 2.08. The van der Waals surface area contributed by atoms with Crippen molar-refractivity contribution in [1.82, 2.24) is 15.0 Å². The van der Waals surface area contributed by atoms with Crippen LogP contribution in [-0.2, 0) is 19.0 Å². The standard InChI is InChI=1S/C16H18F3N3/c1-3-5-13-20-14(6-4-2)22-15(21-13)11-7-9-12(10-8-11)16(17,18)19/h7-10H,3-6H2,1-2H3. The average molecular weight is 309 g/mol. The van der Waals surface area contributed by atoms with E-state index >= 15 is 0 Å². The van der Waals surface area contributed by atoms with E-state index in [2.05, 4.69) is 15.0 Å². The summed E-state index contributed by atoms with van der Waals surface area (Å²) in [7, 11) is 0. The summed E-state index contributed by atoms with van der Waals surface area (Å²) in [6.45, 7) is 4.06. The average Bonchev–Trinajstić information content (AvgIpc) is 2.47. The van der Waals surface area contributed by atoms with Crippen molar-refractivity contribution in [2.75, 3.05) is 0 Å². The highest BCUT2D eigenvalue weighted by molar-refractivity contribution is 5.55. The number of hydrogen-bond acceptors (Lipinski definition) is 3. The van der Waals surface area contributed by atoms with Crippen LogP contribution < -0.4 is 0 Å². The van der Waals surface area contributed by atoms with E-state index in [1.807, 2.05) is 13.8 Å². The summed E-state index contributed by atoms with van der Waals surface area (Å²) in [5.74, 6) is 1.82. The van der Waals surface area contributed by atoms with Gasteiger partial charge in [0.2, 0.25) is 0 Å². The first-order valence-corrected chi connectivity index (χ1v) is 7.35. The van der Waals surface area contributed by atoms with Gasteiger partial charge in [-0.2, -0.15) is 13.2 Å². The third-order valence-electron chi connectivity index (χ3n) is 3.15. The molecular formula is C16H18F3N3. The van der Waals surface area contributed by atoms with Crippen LogP contribution in [0.25, 0.3) is 11.4 Å². The molecule has 0 N–H and O–H groups in total. The van der Waals surface area contributed by atoms with Crippen LogP contribution in [0.15, 0.2) is 24.3 Å². The molecule has 3 nitrogen and oxygen atoms in total. The van der Waals surface area contributed by atoms with Crippen LogP contribution in [0.4, 0.5) is 13.2 Å². The molecule has 0 saturated heterocycles. The van der Waals surface area contributed by atoms with Crippen LogP contribution >= 0.6 is 0 Å². The lowest BCUT2D eigenvalue weighted by atomic mass is 10.1. The number of hydrogen-bond donors (Lipinski definition) is 0. The van der Waals surface area contributed by atoms with E-state index in [4.69, 9.17) is 0 Å². The third-order valence-corrected chi connectivity index (χ3v) is 3.15. The summed E-state index contributed by atoms with van der Waals surface area (Å²) in [6.07, 6.45) is -1.07. The van der Waals surface area contributed by atoms with Crippen molar-refractivity contribution >= 4 is 0 Å². The largest absolute Gasteiger partial charge is 0.416 e. The van der Waals surface area contributed by atoms with Crippen molar-refractivity contribution in [2.24, 2.45) is 0 Å². The lowest BCUT2D eigenvalue weighted by molar-refractivity contribution is -0.137. The fraction of sp³-hybridized carbons (Fsp3) is 0.438. The number of benzene rings is 1. The molecule has 0 aliphatic heterocycles. The summed E-state index contributed by atoms with van der Waals surface area (Å²) < 4.78 is 37.8. The van der Waals surface area contributed by atoms with Gasteiger partial charge in [-0.1, -0.05) is 26.0 Å². The fourth-order valence-electron chi connectivity index (χ4n) is 2.08. The molecule has 118 valence electrons. The molecule has 0 saturated carbocycles. The Labute approximate surface area is 127 Å². The van der Waals surface area contributed by atoms with Gasteiger partial charge < -0.3 is 0 Å². The van der Waals surface area contributed by atoms with E-state index in [-0.39, 0.29) is 0 Å². The number of alkyl halides is 3. The van der Waals surface area contributed by atoms with Gasteiger partial charge in [-0.05, 0) is 25.0 Å². The van der Waals surface area contributed by atoms with E-state index in [1.54, 1.807) is 0 Å². The minimum Gasteiger partial charge on any atom is -0.218 e. The smallest absolute Gasteiger partial charge is 0.218 e. The molecule has 6 heteroatoms. The molecule has 1 aromatic heterocycles. The van der Waals surface area contributed by atoms with E-state index in [1.165, 1.54) is 12.1 Å². The molecule has 0 amide bonds. The number of aryl methyl sites for hydroxylation is 2. The van der Waals surface area contributed by atoms with Gasteiger partial charge >= 0.3 is 6.18 Å². The second-order valence-electron chi connectivity index (χ2n) is 5.07. The Balaban J connectivity index is 2.38. The Morgan fingerprint density at radius 3 is 1.73 bits per heavy atom. The van der Waals surface area contributed by atoms with Gasteiger partial charge in [0.25, 0.3) is 0 Å². The molecule has 0 fully saturated rings. The predicted molar refractivity (Wildman–Crippen MR) is 78.3 cm³/mol. The highest BCUT2D eigenvalue weighted by Crippen LogP contribution is 2.30. The van der Waals surface area contributed by atoms with Crippen LogP contribution in [0.5, 0.6) is 0 Å². The molecule has 0 aliphatic rings. The molecule has 0 unspecified atom stereocenters. The highest BCUT2D eigenvalue weighted by Gasteiger charge is 2.30. The van der Waals surface area contributed by atoms with Crippen molar-refractivity contribution in [2.45, 2.75) is 45.7 Å². The molecule has 0 bridgehead atoms. The predicted octanol–water partition coefficient (Wildman–Crippen LogP) is 4.46. The maximum atomic E-state index is 12.6. The molecule has 22 heavy (non-hydrogen) atoms. The summed E-state index contributed by atoms with van der Waals surface area (Å²) in [6, 6.07) is 4.92. The van der Waals surface area contributed by atoms with Crippen LogP contribution in [0.3, 0.4) is 0 Å². The molecule has 0 spiro atoms. The first-order valence-electron chi connectivity index (χ1n) is 7.35. The van der Waals surface area contributed by atoms with Gasteiger partial charge in [0.05, 0.1) is 5.56 Å². The van der Waals surface area contributed by atoms with E-state index in [9.17, 15) is 13.2 Å². The number of halogens is 3. The van der Waals surface area contributed by atoms with Crippen LogP contribution in [0.1, 0.15) is 43.9 Å². The minimum absolute atomic E-state index is 0.440. The van der Waals surface area contributed by atoms with Crippen molar-refractivity contribution in [3.8, 4) is 11.4 Å². The zero-order valence-electron chi connectivity index (χ0n) is 12.6. The third kappa shape index (κ3) is 4.02. The normalized spacial score (nSPS) is 11.7. The first-order chi connectivity index (χ1) is 10.4. The van der Waals surface area contributed by atoms with Crippen molar-refractivity contribution in [3.05, 3.63) is 41.5 Å². The van der Waals surface area contributed by atoms with Gasteiger partial charge in [-0.25, -0.2) is 15.0 Å². The molecule has 2 aromatic rings. The summed E-state index contributed by atoms with van der Waals surface area (Å²) in [5, 5.41) is 0. The van der Waals surface area contributed by atoms with Crippen LogP contribution in [0, 0.1) is 0 Å². The van der Waals surface area contributed by atoms with Crippen LogP contribution in [-0.4, -0.2) is 15.0 Å². The van der Waals surface area contributed by atoms with Gasteiger partial charge in [-0.3, -0.25) is 0 Å². The number of nitrogens with zero attached hydrogens (tertiary/aromatic N) is 3. The summed E-state index contributed by atoms with van der Waals surface area (Å²) >= 11 is 0. The molecule has 0 aliphatic carbocycles. The Morgan fingerprint density at radius 2 is 1.32 bits per heavy atom. The Bertz CT molecular complexity index is 597. The molecule has 1 heterocycles. The maximum Gasteiger partial charge on any atom is 0.416 e. The monoisotopic (exact) mass is 309 g/mol. The Morgan fingerprint density at radius 1 is 0.818 bits per heavy atom. The number of rotatable bonds is 5. The van der Waals surface area contributed by atoms with Crippen molar-refractivity contribution < 1.29 is 13.2 Å². The van der Waals surface area contributed by atoms with E-state index in [0.29, 0.717) is 23.0 Å². The molecule has 1 aromatic carbocycles. The van der Waals surface area contributed by atoms with E-state index in [0.717, 1.165) is 37.8 Å².